The first-order valence-corrected chi connectivity index (χ1v) is 13.3. The molecule has 0 bridgehead atoms. The molecule has 1 N–H and O–H groups in total. The van der Waals surface area contributed by atoms with Gasteiger partial charge >= 0.3 is 12.1 Å². The van der Waals surface area contributed by atoms with E-state index >= 15 is 0 Å². The fourth-order valence-corrected chi connectivity index (χ4v) is 5.03. The van der Waals surface area contributed by atoms with E-state index in [9.17, 15) is 9.59 Å². The molecule has 2 aromatic carbocycles. The van der Waals surface area contributed by atoms with Crippen molar-refractivity contribution >= 4 is 12.1 Å². The van der Waals surface area contributed by atoms with E-state index in [2.05, 4.69) is 10.2 Å². The van der Waals surface area contributed by atoms with Crippen molar-refractivity contribution in [2.75, 3.05) is 74.3 Å². The molecule has 2 aromatic rings. The second-order valence-corrected chi connectivity index (χ2v) is 9.96. The third-order valence-corrected chi connectivity index (χ3v) is 7.41. The van der Waals surface area contributed by atoms with Crippen LogP contribution in [0.5, 0.6) is 23.0 Å². The van der Waals surface area contributed by atoms with Crippen LogP contribution in [-0.4, -0.2) is 96.1 Å². The smallest absolute Gasteiger partial charge is 0.415 e. The fraction of sp³-hybridized carbons (Fsp3) is 0.517. The second-order valence-electron chi connectivity index (χ2n) is 9.96. The number of methoxy groups -OCH3 is 3. The Hall–Kier alpha value is -3.50. The number of piperazine rings is 1. The zero-order chi connectivity index (χ0) is 27.8. The van der Waals surface area contributed by atoms with Crippen LogP contribution < -0.4 is 24.3 Å². The van der Waals surface area contributed by atoms with Crippen molar-refractivity contribution < 1.29 is 33.3 Å². The molecule has 0 aliphatic carbocycles. The predicted molar refractivity (Wildman–Crippen MR) is 146 cm³/mol. The molecule has 0 radical (unpaired) electrons. The number of ether oxygens (including phenoxy) is 5. The highest BCUT2D eigenvalue weighted by Crippen LogP contribution is 2.35. The summed E-state index contributed by atoms with van der Waals surface area (Å²) >= 11 is 0. The monoisotopic (exact) mass is 541 g/mol. The Labute approximate surface area is 230 Å². The maximum atomic E-state index is 12.7. The molecule has 1 amide bonds. The molecule has 2 fully saturated rings. The summed E-state index contributed by atoms with van der Waals surface area (Å²) in [7, 11) is 6.47. The molecule has 2 atom stereocenters. The molecule has 212 valence electrons. The van der Waals surface area contributed by atoms with Gasteiger partial charge in [0.25, 0.3) is 0 Å². The molecular weight excluding hydrogens is 502 g/mol. The zero-order valence-corrected chi connectivity index (χ0v) is 23.2. The Bertz CT molecular complexity index is 1140. The summed E-state index contributed by atoms with van der Waals surface area (Å²) < 4.78 is 27.4. The Balaban J connectivity index is 1.37. The van der Waals surface area contributed by atoms with Gasteiger partial charge < -0.3 is 33.9 Å². The number of cyclic esters (lactones) is 1. The van der Waals surface area contributed by atoms with Gasteiger partial charge in [0.05, 0.1) is 33.9 Å². The van der Waals surface area contributed by atoms with Crippen molar-refractivity contribution in [1.82, 2.24) is 15.1 Å². The van der Waals surface area contributed by atoms with Crippen LogP contribution in [0.3, 0.4) is 0 Å². The van der Waals surface area contributed by atoms with Crippen LogP contribution in [0.2, 0.25) is 0 Å². The number of nitrogens with one attached hydrogen (secondary N) is 1. The lowest BCUT2D eigenvalue weighted by molar-refractivity contribution is -0.141. The van der Waals surface area contributed by atoms with Crippen LogP contribution in [0.4, 0.5) is 4.79 Å². The van der Waals surface area contributed by atoms with E-state index in [1.165, 1.54) is 7.11 Å². The molecule has 2 aliphatic heterocycles. The third kappa shape index (κ3) is 7.33. The fourth-order valence-electron chi connectivity index (χ4n) is 5.03. The molecular formula is C29H39N3O7. The minimum atomic E-state index is -0.439. The highest BCUT2D eigenvalue weighted by molar-refractivity contribution is 5.75. The van der Waals surface area contributed by atoms with Crippen molar-refractivity contribution in [3.8, 4) is 23.0 Å². The van der Waals surface area contributed by atoms with Gasteiger partial charge in [-0.15, -0.1) is 0 Å². The number of rotatable bonds is 11. The van der Waals surface area contributed by atoms with Crippen LogP contribution in [0.15, 0.2) is 36.4 Å². The molecule has 4 rings (SSSR count). The van der Waals surface area contributed by atoms with Gasteiger partial charge in [0.15, 0.2) is 23.0 Å². The molecule has 0 spiro atoms. The van der Waals surface area contributed by atoms with E-state index in [1.807, 2.05) is 30.3 Å². The summed E-state index contributed by atoms with van der Waals surface area (Å²) in [5, 5.41) is 3.33. The van der Waals surface area contributed by atoms with Crippen LogP contribution in [-0.2, 0) is 22.4 Å². The van der Waals surface area contributed by atoms with E-state index in [1.54, 1.807) is 32.2 Å². The van der Waals surface area contributed by atoms with Crippen LogP contribution >= 0.6 is 0 Å². The summed E-state index contributed by atoms with van der Waals surface area (Å²) in [6.07, 6.45) is 0.723. The van der Waals surface area contributed by atoms with Crippen molar-refractivity contribution in [3.63, 3.8) is 0 Å². The lowest BCUT2D eigenvalue weighted by Crippen LogP contribution is -2.46. The number of hydrogen-bond donors (Lipinski definition) is 1. The molecule has 0 aromatic heterocycles. The van der Waals surface area contributed by atoms with E-state index in [0.29, 0.717) is 49.0 Å². The number of likely N-dealkylation sites (N-methyl/N-ethyl adjacent to an activating group) is 1. The topological polar surface area (TPSA) is 98.8 Å². The lowest BCUT2D eigenvalue weighted by Gasteiger charge is -2.28. The highest BCUT2D eigenvalue weighted by Gasteiger charge is 2.37. The Morgan fingerprint density at radius 1 is 0.949 bits per heavy atom. The number of nitrogens with zero attached hydrogens (tertiary/aromatic N) is 2. The second kappa shape index (κ2) is 13.5. The van der Waals surface area contributed by atoms with Gasteiger partial charge in [0, 0.05) is 52.2 Å². The SMILES string of the molecule is COc1ccc(C[C@H]2COC(=O)[C@@H]2Cc2ccc(OC(=O)N(C)CCN3CCNCC3)c(OC)c2)cc1OC. The van der Waals surface area contributed by atoms with Gasteiger partial charge in [-0.25, -0.2) is 4.79 Å². The molecule has 10 nitrogen and oxygen atoms in total. The minimum Gasteiger partial charge on any atom is -0.493 e. The largest absolute Gasteiger partial charge is 0.493 e. The standard InChI is InChI=1S/C29H39N3O7/c1-31(13-14-32-11-9-30-10-12-32)29(34)39-25-8-6-21(18-27(25)37-4)16-23-22(19-38-28(23)33)15-20-5-7-24(35-2)26(17-20)36-3/h5-8,17-18,22-23,30H,9-16,19H2,1-4H3/t22-,23+/m0/s1. The number of benzene rings is 2. The number of hydrogen-bond acceptors (Lipinski definition) is 9. The average molecular weight is 542 g/mol. The summed E-state index contributed by atoms with van der Waals surface area (Å²) in [4.78, 5) is 29.2. The van der Waals surface area contributed by atoms with E-state index in [4.69, 9.17) is 23.7 Å². The zero-order valence-electron chi connectivity index (χ0n) is 23.2. The molecule has 2 heterocycles. The van der Waals surface area contributed by atoms with Gasteiger partial charge in [0.2, 0.25) is 0 Å². The number of carbonyl (C=O) groups excluding carboxylic acids is 2. The van der Waals surface area contributed by atoms with Crippen LogP contribution in [0.1, 0.15) is 11.1 Å². The highest BCUT2D eigenvalue weighted by atomic mass is 16.6. The van der Waals surface area contributed by atoms with Gasteiger partial charge in [-0.2, -0.15) is 0 Å². The molecule has 2 aliphatic rings. The predicted octanol–water partition coefficient (Wildman–Crippen LogP) is 2.62. The van der Waals surface area contributed by atoms with Gasteiger partial charge in [-0.1, -0.05) is 12.1 Å². The third-order valence-electron chi connectivity index (χ3n) is 7.41. The maximum Gasteiger partial charge on any atom is 0.415 e. The summed E-state index contributed by atoms with van der Waals surface area (Å²) in [5.41, 5.74) is 1.95. The first kappa shape index (κ1) is 28.5. The molecule has 10 heteroatoms. The first-order valence-electron chi connectivity index (χ1n) is 13.3. The first-order chi connectivity index (χ1) is 18.9. The normalized spacial score (nSPS) is 19.3. The van der Waals surface area contributed by atoms with Gasteiger partial charge in [0.1, 0.15) is 0 Å². The lowest BCUT2D eigenvalue weighted by atomic mass is 9.85. The number of amides is 1. The minimum absolute atomic E-state index is 0.0171. The quantitative estimate of drug-likeness (QED) is 0.431. The Kier molecular flexibility index (Phi) is 9.89. The van der Waals surface area contributed by atoms with Crippen LogP contribution in [0, 0.1) is 11.8 Å². The Morgan fingerprint density at radius 3 is 2.23 bits per heavy atom. The summed E-state index contributed by atoms with van der Waals surface area (Å²) in [6.45, 7) is 5.62. The van der Waals surface area contributed by atoms with Crippen molar-refractivity contribution in [2.45, 2.75) is 12.8 Å². The van der Waals surface area contributed by atoms with E-state index in [0.717, 1.165) is 43.9 Å². The van der Waals surface area contributed by atoms with Gasteiger partial charge in [-0.3, -0.25) is 9.69 Å². The van der Waals surface area contributed by atoms with Crippen molar-refractivity contribution in [1.29, 1.82) is 0 Å². The molecule has 0 saturated carbocycles. The maximum absolute atomic E-state index is 12.7. The number of esters is 1. The van der Waals surface area contributed by atoms with E-state index < -0.39 is 6.09 Å². The Morgan fingerprint density at radius 2 is 1.56 bits per heavy atom. The average Bonchev–Trinajstić information content (AvgIpc) is 3.30. The van der Waals surface area contributed by atoms with Crippen LogP contribution in [0.25, 0.3) is 0 Å². The van der Waals surface area contributed by atoms with Crippen molar-refractivity contribution in [2.24, 2.45) is 11.8 Å². The van der Waals surface area contributed by atoms with Crippen molar-refractivity contribution in [3.05, 3.63) is 47.5 Å². The van der Waals surface area contributed by atoms with E-state index in [-0.39, 0.29) is 17.8 Å². The summed E-state index contributed by atoms with van der Waals surface area (Å²) in [5.74, 6) is 1.61. The van der Waals surface area contributed by atoms with Gasteiger partial charge in [-0.05, 0) is 48.2 Å². The molecule has 2 saturated heterocycles. The molecule has 39 heavy (non-hydrogen) atoms. The number of carbonyl (C=O) groups is 2. The summed E-state index contributed by atoms with van der Waals surface area (Å²) in [6, 6.07) is 11.2. The molecule has 0 unspecified atom stereocenters.